The number of rotatable bonds is 3. The molecule has 3 rings (SSSR count). The average Bonchev–Trinajstić information content (AvgIpc) is 3.17. The number of fused-ring (bicyclic) bond motifs is 1. The molecule has 1 fully saturated rings. The fourth-order valence-corrected chi connectivity index (χ4v) is 2.96. The lowest BCUT2D eigenvalue weighted by Crippen LogP contribution is -2.47. The molecule has 1 aliphatic rings. The van der Waals surface area contributed by atoms with Crippen LogP contribution < -0.4 is 5.32 Å². The van der Waals surface area contributed by atoms with Crippen molar-refractivity contribution in [2.45, 2.75) is 51.8 Å². The van der Waals surface area contributed by atoms with E-state index in [-0.39, 0.29) is 5.91 Å². The van der Waals surface area contributed by atoms with Crippen LogP contribution >= 0.6 is 0 Å². The molecule has 0 spiro atoms. The first-order chi connectivity index (χ1) is 11.8. The van der Waals surface area contributed by atoms with Gasteiger partial charge in [-0.15, -0.1) is 0 Å². The Morgan fingerprint density at radius 1 is 1.36 bits per heavy atom. The molecule has 7 nitrogen and oxygen atoms in total. The van der Waals surface area contributed by atoms with Crippen LogP contribution in [0.1, 0.15) is 39.4 Å². The number of H-pyrrole nitrogens is 1. The molecule has 0 saturated carbocycles. The van der Waals surface area contributed by atoms with Crippen molar-refractivity contribution in [2.75, 3.05) is 6.54 Å². The van der Waals surface area contributed by atoms with Crippen molar-refractivity contribution in [2.24, 2.45) is 0 Å². The molecular formula is C18H24N4O3. The van der Waals surface area contributed by atoms with E-state index in [9.17, 15) is 9.59 Å². The summed E-state index contributed by atoms with van der Waals surface area (Å²) in [6, 6.07) is 7.22. The predicted molar refractivity (Wildman–Crippen MR) is 93.9 cm³/mol. The van der Waals surface area contributed by atoms with E-state index in [0.29, 0.717) is 25.3 Å². The number of carbonyl (C=O) groups excluding carboxylic acids is 2. The lowest BCUT2D eigenvalue weighted by molar-refractivity contribution is -0.125. The van der Waals surface area contributed by atoms with Crippen molar-refractivity contribution in [1.29, 1.82) is 0 Å². The van der Waals surface area contributed by atoms with Gasteiger partial charge in [0.05, 0.1) is 17.6 Å². The van der Waals surface area contributed by atoms with E-state index in [0.717, 1.165) is 17.5 Å². The van der Waals surface area contributed by atoms with Gasteiger partial charge in [0.25, 0.3) is 0 Å². The second-order valence-electron chi connectivity index (χ2n) is 7.25. The fraction of sp³-hybridized carbons (Fsp3) is 0.500. The Labute approximate surface area is 146 Å². The van der Waals surface area contributed by atoms with Crippen LogP contribution in [-0.4, -0.2) is 45.1 Å². The molecule has 1 atom stereocenters. The summed E-state index contributed by atoms with van der Waals surface area (Å²) in [6.07, 6.45) is 1.00. The topological polar surface area (TPSA) is 87.3 Å². The van der Waals surface area contributed by atoms with E-state index in [4.69, 9.17) is 4.74 Å². The number of imidazole rings is 1. The molecule has 1 aromatic heterocycles. The monoisotopic (exact) mass is 344 g/mol. The molecule has 2 amide bonds. The maximum absolute atomic E-state index is 12.5. The maximum Gasteiger partial charge on any atom is 0.410 e. The van der Waals surface area contributed by atoms with Crippen LogP contribution in [0.15, 0.2) is 24.3 Å². The number of likely N-dealkylation sites (tertiary alicyclic amines) is 1. The van der Waals surface area contributed by atoms with Gasteiger partial charge in [-0.05, 0) is 45.7 Å². The second kappa shape index (κ2) is 6.74. The smallest absolute Gasteiger partial charge is 0.410 e. The molecule has 25 heavy (non-hydrogen) atoms. The summed E-state index contributed by atoms with van der Waals surface area (Å²) >= 11 is 0. The molecule has 2 heterocycles. The van der Waals surface area contributed by atoms with Crippen LogP contribution in [0, 0.1) is 0 Å². The Bertz CT molecular complexity index is 745. The molecule has 0 aliphatic carbocycles. The summed E-state index contributed by atoms with van der Waals surface area (Å²) in [5.41, 5.74) is 1.22. The van der Waals surface area contributed by atoms with Gasteiger partial charge in [0.2, 0.25) is 5.91 Å². The number of benzene rings is 1. The van der Waals surface area contributed by atoms with Crippen molar-refractivity contribution in [3.63, 3.8) is 0 Å². The first kappa shape index (κ1) is 17.3. The van der Waals surface area contributed by atoms with E-state index in [1.54, 1.807) is 0 Å². The Hall–Kier alpha value is -2.57. The fourth-order valence-electron chi connectivity index (χ4n) is 2.96. The van der Waals surface area contributed by atoms with Gasteiger partial charge in [0.1, 0.15) is 17.5 Å². The highest BCUT2D eigenvalue weighted by Crippen LogP contribution is 2.21. The van der Waals surface area contributed by atoms with Gasteiger partial charge in [-0.2, -0.15) is 0 Å². The van der Waals surface area contributed by atoms with Crippen LogP contribution in [0.4, 0.5) is 4.79 Å². The standard InChI is InChI=1S/C18H24N4O3/c1-18(2,3)25-17(24)22-10-6-9-14(22)16(23)19-11-15-20-12-7-4-5-8-13(12)21-15/h4-5,7-8,14H,6,9-11H2,1-3H3,(H,19,23)(H,20,21). The molecule has 0 bridgehead atoms. The second-order valence-corrected chi connectivity index (χ2v) is 7.25. The zero-order valence-corrected chi connectivity index (χ0v) is 14.8. The molecule has 7 heteroatoms. The largest absolute Gasteiger partial charge is 0.444 e. The van der Waals surface area contributed by atoms with E-state index in [1.165, 1.54) is 4.90 Å². The molecule has 1 unspecified atom stereocenters. The Balaban J connectivity index is 1.60. The SMILES string of the molecule is CC(C)(C)OC(=O)N1CCCC1C(=O)NCc1nc2ccccc2[nH]1. The predicted octanol–water partition coefficient (Wildman–Crippen LogP) is 2.58. The Kier molecular flexibility index (Phi) is 4.65. The lowest BCUT2D eigenvalue weighted by atomic mass is 10.2. The zero-order chi connectivity index (χ0) is 18.0. The number of nitrogens with one attached hydrogen (secondary N) is 2. The Morgan fingerprint density at radius 3 is 2.84 bits per heavy atom. The number of carbonyl (C=O) groups is 2. The highest BCUT2D eigenvalue weighted by Gasteiger charge is 2.36. The number of amides is 2. The quantitative estimate of drug-likeness (QED) is 0.896. The van der Waals surface area contributed by atoms with Crippen LogP contribution in [0.3, 0.4) is 0 Å². The number of ether oxygens (including phenoxy) is 1. The summed E-state index contributed by atoms with van der Waals surface area (Å²) in [4.78, 5) is 33.9. The first-order valence-corrected chi connectivity index (χ1v) is 8.54. The highest BCUT2D eigenvalue weighted by molar-refractivity contribution is 5.86. The van der Waals surface area contributed by atoms with Crippen LogP contribution in [-0.2, 0) is 16.1 Å². The van der Waals surface area contributed by atoms with Crippen molar-refractivity contribution >= 4 is 23.0 Å². The van der Waals surface area contributed by atoms with Crippen molar-refractivity contribution in [3.8, 4) is 0 Å². The number of nitrogens with zero attached hydrogens (tertiary/aromatic N) is 2. The third-order valence-electron chi connectivity index (χ3n) is 4.05. The third-order valence-corrected chi connectivity index (χ3v) is 4.05. The summed E-state index contributed by atoms with van der Waals surface area (Å²) in [5.74, 6) is 0.514. The van der Waals surface area contributed by atoms with Crippen LogP contribution in [0.25, 0.3) is 11.0 Å². The molecular weight excluding hydrogens is 320 g/mol. The van der Waals surface area contributed by atoms with Crippen molar-refractivity contribution in [1.82, 2.24) is 20.2 Å². The molecule has 1 saturated heterocycles. The minimum absolute atomic E-state index is 0.177. The van der Waals surface area contributed by atoms with Gasteiger partial charge >= 0.3 is 6.09 Å². The number of aromatic nitrogens is 2. The van der Waals surface area contributed by atoms with E-state index >= 15 is 0 Å². The van der Waals surface area contributed by atoms with Gasteiger partial charge in [-0.25, -0.2) is 9.78 Å². The molecule has 2 N–H and O–H groups in total. The summed E-state index contributed by atoms with van der Waals surface area (Å²) in [7, 11) is 0. The maximum atomic E-state index is 12.5. The van der Waals surface area contributed by atoms with Gasteiger partial charge in [-0.3, -0.25) is 9.69 Å². The van der Waals surface area contributed by atoms with Crippen molar-refractivity contribution < 1.29 is 14.3 Å². The van der Waals surface area contributed by atoms with Gasteiger partial charge in [0, 0.05) is 6.54 Å². The summed E-state index contributed by atoms with van der Waals surface area (Å²) in [5, 5.41) is 2.87. The molecule has 2 aromatic rings. The van der Waals surface area contributed by atoms with E-state index in [1.807, 2.05) is 45.0 Å². The number of aromatic amines is 1. The lowest BCUT2D eigenvalue weighted by Gasteiger charge is -2.27. The first-order valence-electron chi connectivity index (χ1n) is 8.54. The number of hydrogen-bond donors (Lipinski definition) is 2. The van der Waals surface area contributed by atoms with Crippen molar-refractivity contribution in [3.05, 3.63) is 30.1 Å². The van der Waals surface area contributed by atoms with Crippen LogP contribution in [0.5, 0.6) is 0 Å². The van der Waals surface area contributed by atoms with Crippen LogP contribution in [0.2, 0.25) is 0 Å². The summed E-state index contributed by atoms with van der Waals surface area (Å²) in [6.45, 7) is 6.29. The Morgan fingerprint density at radius 2 is 2.12 bits per heavy atom. The highest BCUT2D eigenvalue weighted by atomic mass is 16.6. The van der Waals surface area contributed by atoms with E-state index < -0.39 is 17.7 Å². The normalized spacial score (nSPS) is 17.7. The van der Waals surface area contributed by atoms with Gasteiger partial charge in [0.15, 0.2) is 0 Å². The number of para-hydroxylation sites is 2. The van der Waals surface area contributed by atoms with Gasteiger partial charge < -0.3 is 15.0 Å². The minimum Gasteiger partial charge on any atom is -0.444 e. The number of hydrogen-bond acceptors (Lipinski definition) is 4. The molecule has 0 radical (unpaired) electrons. The molecule has 134 valence electrons. The molecule has 1 aromatic carbocycles. The minimum atomic E-state index is -0.574. The summed E-state index contributed by atoms with van der Waals surface area (Å²) < 4.78 is 5.39. The van der Waals surface area contributed by atoms with E-state index in [2.05, 4.69) is 15.3 Å². The average molecular weight is 344 g/mol. The third kappa shape index (κ3) is 4.10. The molecule has 1 aliphatic heterocycles. The van der Waals surface area contributed by atoms with Gasteiger partial charge in [-0.1, -0.05) is 12.1 Å². The zero-order valence-electron chi connectivity index (χ0n) is 14.8.